The van der Waals surface area contributed by atoms with E-state index in [1.54, 1.807) is 18.1 Å². The van der Waals surface area contributed by atoms with Crippen LogP contribution in [0.3, 0.4) is 0 Å². The van der Waals surface area contributed by atoms with Crippen LogP contribution in [-0.4, -0.2) is 23.2 Å². The van der Waals surface area contributed by atoms with E-state index < -0.39 is 0 Å². The number of hydrogen-bond acceptors (Lipinski definition) is 6. The molecule has 2 aromatic carbocycles. The second-order valence-corrected chi connectivity index (χ2v) is 6.59. The van der Waals surface area contributed by atoms with Gasteiger partial charge in [0.2, 0.25) is 5.76 Å². The summed E-state index contributed by atoms with van der Waals surface area (Å²) in [5, 5.41) is 4.23. The van der Waals surface area contributed by atoms with E-state index in [4.69, 9.17) is 9.26 Å². The van der Waals surface area contributed by atoms with Gasteiger partial charge in [0.15, 0.2) is 5.13 Å². The number of benzene rings is 2. The molecule has 4 rings (SSSR count). The quantitative estimate of drug-likeness (QED) is 0.532. The highest BCUT2D eigenvalue weighted by Gasteiger charge is 2.24. The number of hydrogen-bond donors (Lipinski definition) is 0. The molecule has 6 nitrogen and oxygen atoms in total. The largest absolute Gasteiger partial charge is 0.497 e. The first-order valence-electron chi connectivity index (χ1n) is 7.95. The lowest BCUT2D eigenvalue weighted by Gasteiger charge is -2.18. The van der Waals surface area contributed by atoms with E-state index >= 15 is 0 Å². The summed E-state index contributed by atoms with van der Waals surface area (Å²) in [5.74, 6) is 0.652. The smallest absolute Gasteiger partial charge is 0.298 e. The minimum atomic E-state index is -0.280. The Morgan fingerprint density at radius 2 is 2.04 bits per heavy atom. The normalized spacial score (nSPS) is 10.8. The van der Waals surface area contributed by atoms with Gasteiger partial charge in [-0.1, -0.05) is 46.8 Å². The molecular formula is C19H15N3O3S. The second kappa shape index (κ2) is 6.97. The number of fused-ring (bicyclic) bond motifs is 1. The molecule has 4 aromatic rings. The van der Waals surface area contributed by atoms with E-state index in [0.717, 1.165) is 21.5 Å². The van der Waals surface area contributed by atoms with Crippen LogP contribution in [0.4, 0.5) is 5.13 Å². The molecular weight excluding hydrogens is 350 g/mol. The van der Waals surface area contributed by atoms with E-state index in [1.807, 2.05) is 48.5 Å². The van der Waals surface area contributed by atoms with Crippen molar-refractivity contribution in [1.29, 1.82) is 0 Å². The average molecular weight is 365 g/mol. The molecule has 0 aliphatic heterocycles. The average Bonchev–Trinajstić information content (AvgIpc) is 3.35. The van der Waals surface area contributed by atoms with Crippen molar-refractivity contribution in [3.63, 3.8) is 0 Å². The number of ether oxygens (including phenoxy) is 1. The Labute approximate surface area is 153 Å². The summed E-state index contributed by atoms with van der Waals surface area (Å²) in [7, 11) is 1.62. The topological polar surface area (TPSA) is 68.5 Å². The Kier molecular flexibility index (Phi) is 4.37. The Balaban J connectivity index is 1.75. The lowest BCUT2D eigenvalue weighted by Crippen LogP contribution is -2.30. The molecule has 1 amide bonds. The van der Waals surface area contributed by atoms with Gasteiger partial charge in [0.1, 0.15) is 5.75 Å². The second-order valence-electron chi connectivity index (χ2n) is 5.58. The van der Waals surface area contributed by atoms with Crippen molar-refractivity contribution >= 4 is 32.6 Å². The zero-order valence-corrected chi connectivity index (χ0v) is 14.8. The first-order chi connectivity index (χ1) is 12.7. The molecule has 0 saturated heterocycles. The fourth-order valence-electron chi connectivity index (χ4n) is 2.59. The Bertz CT molecular complexity index is 1030. The summed E-state index contributed by atoms with van der Waals surface area (Å²) < 4.78 is 11.3. The van der Waals surface area contributed by atoms with Gasteiger partial charge in [-0.05, 0) is 23.8 Å². The Morgan fingerprint density at radius 1 is 1.19 bits per heavy atom. The molecule has 0 aliphatic carbocycles. The van der Waals surface area contributed by atoms with Gasteiger partial charge >= 0.3 is 0 Å². The van der Waals surface area contributed by atoms with Crippen molar-refractivity contribution in [3.8, 4) is 5.75 Å². The molecule has 26 heavy (non-hydrogen) atoms. The predicted molar refractivity (Wildman–Crippen MR) is 99.6 cm³/mol. The SMILES string of the molecule is COc1ccc2nc(N(Cc3ccccc3)C(=O)c3ccno3)sc2c1. The molecule has 0 N–H and O–H groups in total. The number of carbonyl (C=O) groups excluding carboxylic acids is 1. The van der Waals surface area contributed by atoms with Gasteiger partial charge in [0.05, 0.1) is 30.1 Å². The lowest BCUT2D eigenvalue weighted by molar-refractivity contribution is 0.0949. The maximum Gasteiger partial charge on any atom is 0.298 e. The van der Waals surface area contributed by atoms with Crippen LogP contribution >= 0.6 is 11.3 Å². The van der Waals surface area contributed by atoms with Crippen LogP contribution in [-0.2, 0) is 6.54 Å². The standard InChI is InChI=1S/C19H15N3O3S/c1-24-14-7-8-15-17(11-14)26-19(21-15)22(12-13-5-3-2-4-6-13)18(23)16-9-10-20-25-16/h2-11H,12H2,1H3. The molecule has 0 saturated carbocycles. The van der Waals surface area contributed by atoms with E-state index in [1.165, 1.54) is 17.5 Å². The van der Waals surface area contributed by atoms with Gasteiger partial charge in [-0.2, -0.15) is 0 Å². The number of thiazole rings is 1. The molecule has 0 aliphatic rings. The van der Waals surface area contributed by atoms with Gasteiger partial charge in [-0.25, -0.2) is 4.98 Å². The van der Waals surface area contributed by atoms with Crippen LogP contribution in [0.5, 0.6) is 5.75 Å². The number of anilines is 1. The van der Waals surface area contributed by atoms with E-state index in [-0.39, 0.29) is 11.7 Å². The summed E-state index contributed by atoms with van der Waals surface area (Å²) in [6, 6.07) is 17.0. The lowest BCUT2D eigenvalue weighted by atomic mass is 10.2. The molecule has 0 fully saturated rings. The van der Waals surface area contributed by atoms with Gasteiger partial charge in [0.25, 0.3) is 5.91 Å². The van der Waals surface area contributed by atoms with Gasteiger partial charge in [0, 0.05) is 6.07 Å². The monoisotopic (exact) mass is 365 g/mol. The third-order valence-electron chi connectivity index (χ3n) is 3.89. The molecule has 0 radical (unpaired) electrons. The highest BCUT2D eigenvalue weighted by atomic mass is 32.1. The van der Waals surface area contributed by atoms with Crippen LogP contribution in [0.15, 0.2) is 65.3 Å². The van der Waals surface area contributed by atoms with Crippen LogP contribution in [0.25, 0.3) is 10.2 Å². The minimum absolute atomic E-state index is 0.178. The molecule has 2 aromatic heterocycles. The summed E-state index contributed by atoms with van der Waals surface area (Å²) in [6.07, 6.45) is 1.46. The van der Waals surface area contributed by atoms with Crippen molar-refractivity contribution in [2.24, 2.45) is 0 Å². The Hall–Kier alpha value is -3.19. The molecule has 0 atom stereocenters. The molecule has 0 spiro atoms. The first kappa shape index (κ1) is 16.3. The highest BCUT2D eigenvalue weighted by molar-refractivity contribution is 7.22. The van der Waals surface area contributed by atoms with Gasteiger partial charge in [-0.15, -0.1) is 0 Å². The summed E-state index contributed by atoms with van der Waals surface area (Å²) in [6.45, 7) is 0.386. The number of carbonyl (C=O) groups is 1. The third kappa shape index (κ3) is 3.16. The Morgan fingerprint density at radius 3 is 2.77 bits per heavy atom. The maximum absolute atomic E-state index is 12.9. The van der Waals surface area contributed by atoms with Crippen molar-refractivity contribution in [2.45, 2.75) is 6.54 Å². The molecule has 0 unspecified atom stereocenters. The number of nitrogens with zero attached hydrogens (tertiary/aromatic N) is 3. The number of aromatic nitrogens is 2. The number of methoxy groups -OCH3 is 1. The minimum Gasteiger partial charge on any atom is -0.497 e. The highest BCUT2D eigenvalue weighted by Crippen LogP contribution is 2.33. The summed E-state index contributed by atoms with van der Waals surface area (Å²) in [5.41, 5.74) is 1.81. The van der Waals surface area contributed by atoms with Crippen molar-refractivity contribution < 1.29 is 14.1 Å². The van der Waals surface area contributed by atoms with E-state index in [0.29, 0.717) is 11.7 Å². The summed E-state index contributed by atoms with van der Waals surface area (Å²) in [4.78, 5) is 19.2. The van der Waals surface area contributed by atoms with Crippen LogP contribution in [0, 0.1) is 0 Å². The zero-order valence-electron chi connectivity index (χ0n) is 14.0. The van der Waals surface area contributed by atoms with E-state index in [2.05, 4.69) is 10.1 Å². The third-order valence-corrected chi connectivity index (χ3v) is 4.93. The molecule has 7 heteroatoms. The number of amides is 1. The number of rotatable bonds is 5. The molecule has 2 heterocycles. The summed E-state index contributed by atoms with van der Waals surface area (Å²) >= 11 is 1.43. The fourth-order valence-corrected chi connectivity index (χ4v) is 3.58. The van der Waals surface area contributed by atoms with Crippen molar-refractivity contribution in [1.82, 2.24) is 10.1 Å². The van der Waals surface area contributed by atoms with E-state index in [9.17, 15) is 4.79 Å². The van der Waals surface area contributed by atoms with Gasteiger partial charge < -0.3 is 9.26 Å². The van der Waals surface area contributed by atoms with Crippen LogP contribution in [0.1, 0.15) is 16.1 Å². The van der Waals surface area contributed by atoms with Crippen molar-refractivity contribution in [2.75, 3.05) is 12.0 Å². The predicted octanol–water partition coefficient (Wildman–Crippen LogP) is 4.14. The van der Waals surface area contributed by atoms with Gasteiger partial charge in [-0.3, -0.25) is 9.69 Å². The fraction of sp³-hybridized carbons (Fsp3) is 0.105. The maximum atomic E-state index is 12.9. The van der Waals surface area contributed by atoms with Crippen LogP contribution in [0.2, 0.25) is 0 Å². The van der Waals surface area contributed by atoms with Crippen molar-refractivity contribution in [3.05, 3.63) is 72.1 Å². The van der Waals surface area contributed by atoms with Crippen LogP contribution < -0.4 is 9.64 Å². The molecule has 130 valence electrons. The first-order valence-corrected chi connectivity index (χ1v) is 8.77. The molecule has 0 bridgehead atoms. The zero-order chi connectivity index (χ0) is 17.9.